The second kappa shape index (κ2) is 6.55. The normalized spacial score (nSPS) is 16.0. The van der Waals surface area contributed by atoms with Gasteiger partial charge in [0.1, 0.15) is 6.04 Å². The number of aryl methyl sites for hydroxylation is 1. The van der Waals surface area contributed by atoms with E-state index in [1.165, 1.54) is 0 Å². The SMILES string of the molecule is CC1=C(C(N)=O)C(c2cccc(C)c2)n2nc(-c3ccc(Cl)cc3)nc2N1. The number of hydrogen-bond donors (Lipinski definition) is 2. The van der Waals surface area contributed by atoms with Crippen LogP contribution in [-0.2, 0) is 4.79 Å². The van der Waals surface area contributed by atoms with Crippen molar-refractivity contribution in [3.8, 4) is 11.4 Å². The Kier molecular flexibility index (Phi) is 4.20. The Morgan fingerprint density at radius 1 is 1.19 bits per heavy atom. The maximum atomic E-state index is 12.2. The summed E-state index contributed by atoms with van der Waals surface area (Å²) in [6.07, 6.45) is 0. The molecule has 2 aromatic carbocycles. The van der Waals surface area contributed by atoms with Gasteiger partial charge in [-0.2, -0.15) is 4.98 Å². The lowest BCUT2D eigenvalue weighted by Crippen LogP contribution is -2.31. The maximum absolute atomic E-state index is 12.2. The molecule has 1 aliphatic rings. The Labute approximate surface area is 161 Å². The van der Waals surface area contributed by atoms with Gasteiger partial charge >= 0.3 is 0 Å². The van der Waals surface area contributed by atoms with Gasteiger partial charge in [0.2, 0.25) is 11.9 Å². The number of hydrogen-bond acceptors (Lipinski definition) is 4. The summed E-state index contributed by atoms with van der Waals surface area (Å²) in [4.78, 5) is 16.8. The third kappa shape index (κ3) is 3.08. The molecule has 27 heavy (non-hydrogen) atoms. The molecule has 0 saturated carbocycles. The van der Waals surface area contributed by atoms with Crippen LogP contribution in [0.3, 0.4) is 0 Å². The fraction of sp³-hybridized carbons (Fsp3) is 0.150. The molecule has 1 amide bonds. The minimum Gasteiger partial charge on any atom is -0.366 e. The predicted octanol–water partition coefficient (Wildman–Crippen LogP) is 3.68. The highest BCUT2D eigenvalue weighted by atomic mass is 35.5. The van der Waals surface area contributed by atoms with Crippen LogP contribution in [0.2, 0.25) is 5.02 Å². The van der Waals surface area contributed by atoms with Crippen LogP contribution >= 0.6 is 11.6 Å². The van der Waals surface area contributed by atoms with E-state index in [9.17, 15) is 4.79 Å². The largest absolute Gasteiger partial charge is 0.366 e. The molecule has 4 rings (SSSR count). The minimum absolute atomic E-state index is 0.438. The fourth-order valence-corrected chi connectivity index (χ4v) is 3.47. The molecule has 0 saturated heterocycles. The van der Waals surface area contributed by atoms with Gasteiger partial charge in [0.15, 0.2) is 5.82 Å². The number of primary amides is 1. The van der Waals surface area contributed by atoms with E-state index in [1.54, 1.807) is 16.8 Å². The molecule has 3 aromatic rings. The van der Waals surface area contributed by atoms with Crippen molar-refractivity contribution in [2.45, 2.75) is 19.9 Å². The molecule has 0 fully saturated rings. The second-order valence-electron chi connectivity index (χ2n) is 6.56. The van der Waals surface area contributed by atoms with Crippen molar-refractivity contribution in [3.05, 3.63) is 76.0 Å². The van der Waals surface area contributed by atoms with Gasteiger partial charge in [0.05, 0.1) is 5.57 Å². The Balaban J connectivity index is 1.88. The van der Waals surface area contributed by atoms with E-state index in [0.717, 1.165) is 16.7 Å². The number of fused-ring (bicyclic) bond motifs is 1. The first-order valence-electron chi connectivity index (χ1n) is 8.50. The van der Waals surface area contributed by atoms with Crippen LogP contribution in [0.15, 0.2) is 59.8 Å². The quantitative estimate of drug-likeness (QED) is 0.726. The number of carbonyl (C=O) groups excluding carboxylic acids is 1. The number of anilines is 1. The van der Waals surface area contributed by atoms with Crippen LogP contribution < -0.4 is 11.1 Å². The van der Waals surface area contributed by atoms with E-state index >= 15 is 0 Å². The van der Waals surface area contributed by atoms with Gasteiger partial charge in [0, 0.05) is 16.3 Å². The standard InChI is InChI=1S/C20H18ClN5O/c1-11-4-3-5-14(10-11)17-16(18(22)27)12(2)23-20-24-19(25-26(17)20)13-6-8-15(21)9-7-13/h3-10,17H,1-2H3,(H2,22,27)(H,23,24,25). The first kappa shape index (κ1) is 17.3. The number of halogens is 1. The lowest BCUT2D eigenvalue weighted by Gasteiger charge is -2.27. The van der Waals surface area contributed by atoms with Crippen molar-refractivity contribution >= 4 is 23.5 Å². The van der Waals surface area contributed by atoms with Crippen LogP contribution in [-0.4, -0.2) is 20.7 Å². The number of nitrogens with two attached hydrogens (primary N) is 1. The van der Waals surface area contributed by atoms with E-state index in [2.05, 4.69) is 15.4 Å². The zero-order valence-corrected chi connectivity index (χ0v) is 15.7. The smallest absolute Gasteiger partial charge is 0.248 e. The van der Waals surface area contributed by atoms with Crippen molar-refractivity contribution in [2.75, 3.05) is 5.32 Å². The summed E-state index contributed by atoms with van der Waals surface area (Å²) >= 11 is 5.97. The third-order valence-corrected chi connectivity index (χ3v) is 4.83. The Hall–Kier alpha value is -3.12. The van der Waals surface area contributed by atoms with E-state index < -0.39 is 11.9 Å². The summed E-state index contributed by atoms with van der Waals surface area (Å²) in [7, 11) is 0. The van der Waals surface area contributed by atoms with E-state index in [-0.39, 0.29) is 0 Å². The van der Waals surface area contributed by atoms with Crippen molar-refractivity contribution in [3.63, 3.8) is 0 Å². The number of rotatable bonds is 3. The monoisotopic (exact) mass is 379 g/mol. The molecular weight excluding hydrogens is 362 g/mol. The van der Waals surface area contributed by atoms with Gasteiger partial charge < -0.3 is 11.1 Å². The van der Waals surface area contributed by atoms with Gasteiger partial charge in [-0.1, -0.05) is 41.4 Å². The zero-order chi connectivity index (χ0) is 19.1. The molecule has 1 aromatic heterocycles. The average molecular weight is 380 g/mol. The highest BCUT2D eigenvalue weighted by Crippen LogP contribution is 2.36. The highest BCUT2D eigenvalue weighted by molar-refractivity contribution is 6.30. The lowest BCUT2D eigenvalue weighted by atomic mass is 9.94. The van der Waals surface area contributed by atoms with Gasteiger partial charge in [-0.05, 0) is 43.7 Å². The first-order valence-corrected chi connectivity index (χ1v) is 8.88. The lowest BCUT2D eigenvalue weighted by molar-refractivity contribution is -0.115. The fourth-order valence-electron chi connectivity index (χ4n) is 3.34. The summed E-state index contributed by atoms with van der Waals surface area (Å²) in [5.41, 5.74) is 9.71. The van der Waals surface area contributed by atoms with Gasteiger partial charge in [0.25, 0.3) is 0 Å². The zero-order valence-electron chi connectivity index (χ0n) is 14.9. The molecule has 7 heteroatoms. The van der Waals surface area contributed by atoms with Gasteiger partial charge in [-0.25, -0.2) is 4.68 Å². The maximum Gasteiger partial charge on any atom is 0.248 e. The van der Waals surface area contributed by atoms with Crippen molar-refractivity contribution in [1.82, 2.24) is 14.8 Å². The van der Waals surface area contributed by atoms with E-state index in [0.29, 0.717) is 28.1 Å². The molecule has 136 valence electrons. The van der Waals surface area contributed by atoms with Crippen molar-refractivity contribution in [2.24, 2.45) is 5.73 Å². The molecule has 2 heterocycles. The van der Waals surface area contributed by atoms with Crippen LogP contribution in [0.25, 0.3) is 11.4 Å². The van der Waals surface area contributed by atoms with Crippen molar-refractivity contribution in [1.29, 1.82) is 0 Å². The van der Waals surface area contributed by atoms with E-state index in [1.807, 2.05) is 50.2 Å². The molecule has 0 bridgehead atoms. The Bertz CT molecular complexity index is 1070. The second-order valence-corrected chi connectivity index (χ2v) is 6.99. The summed E-state index contributed by atoms with van der Waals surface area (Å²) in [5, 5.41) is 8.46. The molecule has 3 N–H and O–H groups in total. The van der Waals surface area contributed by atoms with Crippen LogP contribution in [0.5, 0.6) is 0 Å². The number of carbonyl (C=O) groups is 1. The molecule has 1 atom stereocenters. The van der Waals surface area contributed by atoms with Crippen LogP contribution in [0.4, 0.5) is 5.95 Å². The van der Waals surface area contributed by atoms with Gasteiger partial charge in [-0.3, -0.25) is 4.79 Å². The number of nitrogens with one attached hydrogen (secondary N) is 1. The molecule has 0 radical (unpaired) electrons. The first-order chi connectivity index (χ1) is 12.9. The highest BCUT2D eigenvalue weighted by Gasteiger charge is 2.33. The molecular formula is C20H18ClN5O. The summed E-state index contributed by atoms with van der Waals surface area (Å²) in [6, 6.07) is 14.8. The van der Waals surface area contributed by atoms with Crippen molar-refractivity contribution < 1.29 is 4.79 Å². The number of aromatic nitrogens is 3. The molecule has 6 nitrogen and oxygen atoms in total. The van der Waals surface area contributed by atoms with Crippen LogP contribution in [0, 0.1) is 6.92 Å². The summed E-state index contributed by atoms with van der Waals surface area (Å²) in [5.74, 6) is 0.625. The number of allylic oxidation sites excluding steroid dienone is 1. The number of benzene rings is 2. The number of amides is 1. The summed E-state index contributed by atoms with van der Waals surface area (Å²) < 4.78 is 1.71. The van der Waals surface area contributed by atoms with Crippen LogP contribution in [0.1, 0.15) is 24.1 Å². The summed E-state index contributed by atoms with van der Waals surface area (Å²) in [6.45, 7) is 3.83. The number of nitrogens with zero attached hydrogens (tertiary/aromatic N) is 3. The Morgan fingerprint density at radius 2 is 1.93 bits per heavy atom. The van der Waals surface area contributed by atoms with E-state index in [4.69, 9.17) is 17.3 Å². The molecule has 1 unspecified atom stereocenters. The van der Waals surface area contributed by atoms with Gasteiger partial charge in [-0.15, -0.1) is 5.10 Å². The molecule has 0 spiro atoms. The topological polar surface area (TPSA) is 85.8 Å². The average Bonchev–Trinajstić information content (AvgIpc) is 3.04. The Morgan fingerprint density at radius 3 is 2.59 bits per heavy atom. The molecule has 0 aliphatic carbocycles. The predicted molar refractivity (Wildman–Crippen MR) is 105 cm³/mol. The third-order valence-electron chi connectivity index (χ3n) is 4.58. The minimum atomic E-state index is -0.485. The molecule has 1 aliphatic heterocycles.